The van der Waals surface area contributed by atoms with Crippen LogP contribution in [0.15, 0.2) is 35.3 Å². The van der Waals surface area contributed by atoms with Crippen LogP contribution in [0.25, 0.3) is 11.0 Å². The first-order valence-corrected chi connectivity index (χ1v) is 6.87. The zero-order chi connectivity index (χ0) is 12.8. The Morgan fingerprint density at radius 3 is 2.72 bits per heavy atom. The van der Waals surface area contributed by atoms with E-state index in [1.807, 2.05) is 28.8 Å². The van der Waals surface area contributed by atoms with Gasteiger partial charge in [-0.1, -0.05) is 25.0 Å². The predicted octanol–water partition coefficient (Wildman–Crippen LogP) is 3.20. The highest BCUT2D eigenvalue weighted by molar-refractivity contribution is 6.17. The van der Waals surface area contributed by atoms with Gasteiger partial charge < -0.3 is 4.57 Å². The second-order valence-electron chi connectivity index (χ2n) is 4.34. The van der Waals surface area contributed by atoms with E-state index in [2.05, 4.69) is 4.98 Å². The number of nitrogens with zero attached hydrogens (tertiary/aromatic N) is 2. The van der Waals surface area contributed by atoms with Crippen LogP contribution in [0.4, 0.5) is 0 Å². The first-order valence-electron chi connectivity index (χ1n) is 6.33. The van der Waals surface area contributed by atoms with Crippen molar-refractivity contribution in [3.63, 3.8) is 0 Å². The third kappa shape index (κ3) is 3.10. The molecule has 0 atom stereocenters. The van der Waals surface area contributed by atoms with E-state index in [-0.39, 0.29) is 5.56 Å². The van der Waals surface area contributed by atoms with Crippen molar-refractivity contribution in [1.82, 2.24) is 9.55 Å². The molecule has 0 aliphatic rings. The van der Waals surface area contributed by atoms with E-state index in [9.17, 15) is 4.79 Å². The van der Waals surface area contributed by atoms with Crippen molar-refractivity contribution in [2.45, 2.75) is 32.2 Å². The fourth-order valence-corrected chi connectivity index (χ4v) is 2.25. The average molecular weight is 265 g/mol. The molecule has 0 aliphatic heterocycles. The van der Waals surface area contributed by atoms with Gasteiger partial charge in [0.2, 0.25) is 0 Å². The Hall–Kier alpha value is -1.35. The number of benzene rings is 1. The van der Waals surface area contributed by atoms with Gasteiger partial charge in [-0.15, -0.1) is 11.6 Å². The van der Waals surface area contributed by atoms with Crippen molar-refractivity contribution in [2.24, 2.45) is 0 Å². The summed E-state index contributed by atoms with van der Waals surface area (Å²) in [6.45, 7) is 0.754. The molecular formula is C14H17ClN2O. The minimum atomic E-state index is -0.0222. The lowest BCUT2D eigenvalue weighted by Gasteiger charge is -2.08. The maximum atomic E-state index is 11.8. The average Bonchev–Trinajstić information content (AvgIpc) is 2.41. The van der Waals surface area contributed by atoms with Gasteiger partial charge in [0.25, 0.3) is 5.56 Å². The molecule has 1 aromatic carbocycles. The van der Waals surface area contributed by atoms with Gasteiger partial charge in [-0.05, 0) is 25.0 Å². The lowest BCUT2D eigenvalue weighted by atomic mass is 10.2. The zero-order valence-corrected chi connectivity index (χ0v) is 11.1. The van der Waals surface area contributed by atoms with Crippen LogP contribution >= 0.6 is 11.6 Å². The number of alkyl halides is 1. The lowest BCUT2D eigenvalue weighted by molar-refractivity contribution is 0.582. The second-order valence-corrected chi connectivity index (χ2v) is 4.72. The first kappa shape index (κ1) is 13.1. The molecule has 0 saturated carbocycles. The maximum absolute atomic E-state index is 11.8. The minimum Gasteiger partial charge on any atom is -0.305 e. The fourth-order valence-electron chi connectivity index (χ4n) is 2.06. The summed E-state index contributed by atoms with van der Waals surface area (Å²) >= 11 is 5.64. The van der Waals surface area contributed by atoms with Gasteiger partial charge in [-0.3, -0.25) is 4.79 Å². The van der Waals surface area contributed by atoms with Crippen molar-refractivity contribution in [1.29, 1.82) is 0 Å². The SMILES string of the molecule is O=c1cnc2ccccc2n1CCCCCCCl. The number of para-hydroxylation sites is 2. The van der Waals surface area contributed by atoms with E-state index < -0.39 is 0 Å². The number of rotatable bonds is 6. The van der Waals surface area contributed by atoms with Gasteiger partial charge in [0.05, 0.1) is 17.2 Å². The summed E-state index contributed by atoms with van der Waals surface area (Å²) in [7, 11) is 0. The van der Waals surface area contributed by atoms with Crippen LogP contribution in [0.1, 0.15) is 25.7 Å². The van der Waals surface area contributed by atoms with Crippen LogP contribution in [0.5, 0.6) is 0 Å². The lowest BCUT2D eigenvalue weighted by Crippen LogP contribution is -2.20. The van der Waals surface area contributed by atoms with E-state index >= 15 is 0 Å². The molecule has 2 rings (SSSR count). The molecular weight excluding hydrogens is 248 g/mol. The molecule has 0 saturated heterocycles. The Labute approximate surface area is 111 Å². The number of unbranched alkanes of at least 4 members (excludes halogenated alkanes) is 3. The summed E-state index contributed by atoms with van der Waals surface area (Å²) in [6.07, 6.45) is 5.69. The standard InChI is InChI=1S/C14H17ClN2O/c15-9-5-1-2-6-10-17-13-8-4-3-7-12(13)16-11-14(17)18/h3-4,7-8,11H,1-2,5-6,9-10H2. The highest BCUT2D eigenvalue weighted by Crippen LogP contribution is 2.10. The van der Waals surface area contributed by atoms with E-state index in [4.69, 9.17) is 11.6 Å². The number of hydrogen-bond donors (Lipinski definition) is 0. The Kier molecular flexibility index (Phi) is 4.76. The number of aromatic nitrogens is 2. The van der Waals surface area contributed by atoms with Crippen LogP contribution in [0, 0.1) is 0 Å². The summed E-state index contributed by atoms with van der Waals surface area (Å²) in [5, 5.41) is 0. The van der Waals surface area contributed by atoms with Gasteiger partial charge in [0, 0.05) is 12.4 Å². The largest absolute Gasteiger partial charge is 0.305 e. The van der Waals surface area contributed by atoms with E-state index in [0.717, 1.165) is 49.1 Å². The molecule has 96 valence electrons. The molecule has 0 fully saturated rings. The molecule has 1 aromatic heterocycles. The van der Waals surface area contributed by atoms with Crippen LogP contribution in [-0.4, -0.2) is 15.4 Å². The second kappa shape index (κ2) is 6.55. The Bertz CT molecular complexity index is 565. The summed E-state index contributed by atoms with van der Waals surface area (Å²) in [4.78, 5) is 16.0. The fraction of sp³-hybridized carbons (Fsp3) is 0.429. The molecule has 0 aliphatic carbocycles. The monoisotopic (exact) mass is 264 g/mol. The van der Waals surface area contributed by atoms with E-state index in [0.29, 0.717) is 0 Å². The van der Waals surface area contributed by atoms with Gasteiger partial charge >= 0.3 is 0 Å². The highest BCUT2D eigenvalue weighted by Gasteiger charge is 2.02. The minimum absolute atomic E-state index is 0.0222. The number of aryl methyl sites for hydroxylation is 1. The number of halogens is 1. The van der Waals surface area contributed by atoms with Crippen molar-refractivity contribution in [2.75, 3.05) is 5.88 Å². The zero-order valence-electron chi connectivity index (χ0n) is 10.3. The first-order chi connectivity index (χ1) is 8.83. The van der Waals surface area contributed by atoms with Gasteiger partial charge in [-0.2, -0.15) is 0 Å². The third-order valence-corrected chi connectivity index (χ3v) is 3.29. The Morgan fingerprint density at radius 2 is 1.89 bits per heavy atom. The van der Waals surface area contributed by atoms with E-state index in [1.54, 1.807) is 0 Å². The third-order valence-electron chi connectivity index (χ3n) is 3.02. The van der Waals surface area contributed by atoms with Crippen molar-refractivity contribution in [3.8, 4) is 0 Å². The van der Waals surface area contributed by atoms with Crippen LogP contribution in [0.2, 0.25) is 0 Å². The molecule has 0 spiro atoms. The molecule has 4 heteroatoms. The highest BCUT2D eigenvalue weighted by atomic mass is 35.5. The molecule has 3 nitrogen and oxygen atoms in total. The topological polar surface area (TPSA) is 34.9 Å². The molecule has 0 N–H and O–H groups in total. The van der Waals surface area contributed by atoms with Crippen molar-refractivity contribution >= 4 is 22.6 Å². The molecule has 0 bridgehead atoms. The molecule has 0 unspecified atom stereocenters. The van der Waals surface area contributed by atoms with Gasteiger partial charge in [0.1, 0.15) is 0 Å². The van der Waals surface area contributed by atoms with Gasteiger partial charge in [0.15, 0.2) is 0 Å². The predicted molar refractivity (Wildman–Crippen MR) is 75.2 cm³/mol. The van der Waals surface area contributed by atoms with Crippen molar-refractivity contribution < 1.29 is 0 Å². The normalized spacial score (nSPS) is 10.9. The van der Waals surface area contributed by atoms with Crippen LogP contribution < -0.4 is 5.56 Å². The number of fused-ring (bicyclic) bond motifs is 1. The molecule has 1 heterocycles. The smallest absolute Gasteiger partial charge is 0.269 e. The molecule has 18 heavy (non-hydrogen) atoms. The van der Waals surface area contributed by atoms with Crippen molar-refractivity contribution in [3.05, 3.63) is 40.8 Å². The van der Waals surface area contributed by atoms with Crippen LogP contribution in [0.3, 0.4) is 0 Å². The quantitative estimate of drug-likeness (QED) is 0.593. The van der Waals surface area contributed by atoms with E-state index in [1.165, 1.54) is 6.20 Å². The summed E-state index contributed by atoms with van der Waals surface area (Å²) < 4.78 is 1.81. The van der Waals surface area contributed by atoms with Gasteiger partial charge in [-0.25, -0.2) is 4.98 Å². The molecule has 0 amide bonds. The summed E-state index contributed by atoms with van der Waals surface area (Å²) in [6, 6.07) is 7.75. The molecule has 0 radical (unpaired) electrons. The van der Waals surface area contributed by atoms with Crippen LogP contribution in [-0.2, 0) is 6.54 Å². The Balaban J connectivity index is 2.12. The summed E-state index contributed by atoms with van der Waals surface area (Å²) in [5.41, 5.74) is 1.77. The molecule has 2 aromatic rings. The maximum Gasteiger partial charge on any atom is 0.269 e. The number of hydrogen-bond acceptors (Lipinski definition) is 2. The summed E-state index contributed by atoms with van der Waals surface area (Å²) in [5.74, 6) is 0.720. The Morgan fingerprint density at radius 1 is 1.11 bits per heavy atom.